The van der Waals surface area contributed by atoms with Gasteiger partial charge in [-0.1, -0.05) is 0 Å². The number of ketones is 1. The lowest BCUT2D eigenvalue weighted by molar-refractivity contribution is 0.102. The van der Waals surface area contributed by atoms with Gasteiger partial charge in [0.2, 0.25) is 0 Å². The van der Waals surface area contributed by atoms with Crippen molar-refractivity contribution >= 4 is 17.1 Å². The van der Waals surface area contributed by atoms with Crippen LogP contribution < -0.4 is 0 Å². The molecule has 0 aliphatic rings. The van der Waals surface area contributed by atoms with Gasteiger partial charge in [-0.15, -0.1) is 23.7 Å². The maximum Gasteiger partial charge on any atom is 0.169 e. The first-order chi connectivity index (χ1) is 5.75. The highest BCUT2D eigenvalue weighted by Gasteiger charge is 2.07. The number of carbonyl (C=O) groups is 1. The number of hydrogen-bond donors (Lipinski definition) is 0. The van der Waals surface area contributed by atoms with Crippen molar-refractivity contribution < 1.29 is 4.79 Å². The van der Waals surface area contributed by atoms with Crippen LogP contribution in [0.2, 0.25) is 0 Å². The van der Waals surface area contributed by atoms with Gasteiger partial charge in [0.05, 0.1) is 4.88 Å². The van der Waals surface area contributed by atoms with Crippen molar-refractivity contribution in [1.82, 2.24) is 0 Å². The molecule has 0 atom stereocenters. The molecule has 0 unspecified atom stereocenters. The van der Waals surface area contributed by atoms with Crippen molar-refractivity contribution in [2.45, 2.75) is 19.8 Å². The van der Waals surface area contributed by atoms with E-state index >= 15 is 0 Å². The van der Waals surface area contributed by atoms with E-state index in [0.717, 1.165) is 16.9 Å². The molecule has 0 aliphatic heterocycles. The van der Waals surface area contributed by atoms with Gasteiger partial charge in [0, 0.05) is 6.42 Å². The highest BCUT2D eigenvalue weighted by molar-refractivity contribution is 7.12. The summed E-state index contributed by atoms with van der Waals surface area (Å²) < 4.78 is 0. The average Bonchev–Trinajstić information content (AvgIpc) is 2.48. The first kappa shape index (κ1) is 9.02. The van der Waals surface area contributed by atoms with E-state index in [9.17, 15) is 4.79 Å². The monoisotopic (exact) mass is 178 g/mol. The van der Waals surface area contributed by atoms with Crippen molar-refractivity contribution in [2.75, 3.05) is 0 Å². The van der Waals surface area contributed by atoms with Crippen molar-refractivity contribution in [3.8, 4) is 12.3 Å². The molecule has 1 heterocycles. The predicted molar refractivity (Wildman–Crippen MR) is 51.5 cm³/mol. The summed E-state index contributed by atoms with van der Waals surface area (Å²) >= 11 is 1.49. The molecular formula is C10H10OS. The molecule has 0 N–H and O–H groups in total. The van der Waals surface area contributed by atoms with E-state index in [1.807, 2.05) is 11.4 Å². The number of carbonyl (C=O) groups excluding carboxylic acids is 1. The molecular weight excluding hydrogens is 168 g/mol. The molecule has 0 spiro atoms. The number of terminal acetylenes is 1. The summed E-state index contributed by atoms with van der Waals surface area (Å²) in [5, 5.41) is 1.93. The number of aryl methyl sites for hydroxylation is 1. The van der Waals surface area contributed by atoms with Gasteiger partial charge in [-0.3, -0.25) is 4.79 Å². The van der Waals surface area contributed by atoms with Gasteiger partial charge >= 0.3 is 0 Å². The summed E-state index contributed by atoms with van der Waals surface area (Å²) in [7, 11) is 0. The Kier molecular flexibility index (Phi) is 3.07. The molecule has 0 saturated carbocycles. The van der Waals surface area contributed by atoms with Crippen molar-refractivity contribution in [2.24, 2.45) is 0 Å². The van der Waals surface area contributed by atoms with Crippen LogP contribution in [0.15, 0.2) is 11.4 Å². The van der Waals surface area contributed by atoms with Crippen LogP contribution in [0.5, 0.6) is 0 Å². The number of thiophene rings is 1. The maximum atomic E-state index is 11.0. The third-order valence-corrected chi connectivity index (χ3v) is 2.66. The van der Waals surface area contributed by atoms with Crippen molar-refractivity contribution in [3.05, 3.63) is 21.9 Å². The lowest BCUT2D eigenvalue weighted by Gasteiger charge is -1.95. The minimum atomic E-state index is 0.136. The van der Waals surface area contributed by atoms with Gasteiger partial charge in [-0.25, -0.2) is 0 Å². The maximum absolute atomic E-state index is 11.0. The van der Waals surface area contributed by atoms with E-state index in [4.69, 9.17) is 6.42 Å². The molecule has 0 aliphatic carbocycles. The van der Waals surface area contributed by atoms with Gasteiger partial charge in [-0.2, -0.15) is 0 Å². The van der Waals surface area contributed by atoms with Gasteiger partial charge in [0.15, 0.2) is 5.78 Å². The second kappa shape index (κ2) is 4.08. The van der Waals surface area contributed by atoms with Crippen LogP contribution in [0.25, 0.3) is 0 Å². The van der Waals surface area contributed by atoms with Crippen LogP contribution >= 0.6 is 11.3 Å². The molecule has 1 aromatic heterocycles. The highest BCUT2D eigenvalue weighted by Crippen LogP contribution is 2.18. The molecule has 2 heteroatoms. The standard InChI is InChI=1S/C10H10OS/c1-3-4-5-9-6-7-12-10(9)8(2)11/h1,6-7H,4-5H2,2H3. The summed E-state index contributed by atoms with van der Waals surface area (Å²) in [5.41, 5.74) is 1.09. The molecule has 0 aromatic carbocycles. The summed E-state index contributed by atoms with van der Waals surface area (Å²) in [5.74, 6) is 2.70. The molecule has 0 radical (unpaired) electrons. The molecule has 1 nitrogen and oxygen atoms in total. The normalized spacial score (nSPS) is 9.33. The molecule has 0 fully saturated rings. The lowest BCUT2D eigenvalue weighted by atomic mass is 10.1. The topological polar surface area (TPSA) is 17.1 Å². The summed E-state index contributed by atoms with van der Waals surface area (Å²) in [6.45, 7) is 1.59. The largest absolute Gasteiger partial charge is 0.294 e. The SMILES string of the molecule is C#CCCc1ccsc1C(C)=O. The molecule has 62 valence electrons. The fourth-order valence-corrected chi connectivity index (χ4v) is 1.90. The second-order valence-electron chi connectivity index (χ2n) is 2.54. The van der Waals surface area contributed by atoms with Gasteiger partial charge < -0.3 is 0 Å². The van der Waals surface area contributed by atoms with Crippen LogP contribution in [0, 0.1) is 12.3 Å². The fraction of sp³-hybridized carbons (Fsp3) is 0.300. The summed E-state index contributed by atoms with van der Waals surface area (Å²) in [6.07, 6.45) is 6.66. The van der Waals surface area contributed by atoms with E-state index in [1.165, 1.54) is 11.3 Å². The third kappa shape index (κ3) is 1.96. The van der Waals surface area contributed by atoms with E-state index in [0.29, 0.717) is 6.42 Å². The van der Waals surface area contributed by atoms with Crippen LogP contribution in [0.3, 0.4) is 0 Å². The van der Waals surface area contributed by atoms with E-state index < -0.39 is 0 Å². The Morgan fingerprint density at radius 1 is 1.75 bits per heavy atom. The molecule has 1 aromatic rings. The Morgan fingerprint density at radius 3 is 3.08 bits per heavy atom. The molecule has 0 saturated heterocycles. The van der Waals surface area contributed by atoms with Crippen molar-refractivity contribution in [3.63, 3.8) is 0 Å². The Hall–Kier alpha value is -1.07. The minimum Gasteiger partial charge on any atom is -0.294 e. The Bertz CT molecular complexity index is 317. The van der Waals surface area contributed by atoms with E-state index in [-0.39, 0.29) is 5.78 Å². The van der Waals surface area contributed by atoms with Crippen LogP contribution in [-0.2, 0) is 6.42 Å². The quantitative estimate of drug-likeness (QED) is 0.513. The predicted octanol–water partition coefficient (Wildman–Crippen LogP) is 2.52. The average molecular weight is 178 g/mol. The Balaban J connectivity index is 2.79. The molecule has 0 amide bonds. The molecule has 0 bridgehead atoms. The zero-order valence-corrected chi connectivity index (χ0v) is 7.78. The Morgan fingerprint density at radius 2 is 2.50 bits per heavy atom. The van der Waals surface area contributed by atoms with Crippen LogP contribution in [0.1, 0.15) is 28.6 Å². The minimum absolute atomic E-state index is 0.136. The number of hydrogen-bond acceptors (Lipinski definition) is 2. The summed E-state index contributed by atoms with van der Waals surface area (Å²) in [4.78, 5) is 11.9. The first-order valence-electron chi connectivity index (χ1n) is 3.76. The van der Waals surface area contributed by atoms with E-state index in [1.54, 1.807) is 6.92 Å². The van der Waals surface area contributed by atoms with E-state index in [2.05, 4.69) is 5.92 Å². The van der Waals surface area contributed by atoms with Crippen molar-refractivity contribution in [1.29, 1.82) is 0 Å². The first-order valence-corrected chi connectivity index (χ1v) is 4.64. The van der Waals surface area contributed by atoms with Gasteiger partial charge in [0.25, 0.3) is 0 Å². The number of rotatable bonds is 3. The summed E-state index contributed by atoms with van der Waals surface area (Å²) in [6, 6.07) is 1.97. The van der Waals surface area contributed by atoms with Gasteiger partial charge in [0.1, 0.15) is 0 Å². The molecule has 12 heavy (non-hydrogen) atoms. The number of Topliss-reactive ketones (excluding diaryl/α,β-unsaturated/α-hetero) is 1. The zero-order chi connectivity index (χ0) is 8.97. The zero-order valence-electron chi connectivity index (χ0n) is 6.96. The van der Waals surface area contributed by atoms with Gasteiger partial charge in [-0.05, 0) is 30.4 Å². The fourth-order valence-electron chi connectivity index (χ4n) is 1.05. The highest BCUT2D eigenvalue weighted by atomic mass is 32.1. The second-order valence-corrected chi connectivity index (χ2v) is 3.45. The lowest BCUT2D eigenvalue weighted by Crippen LogP contribution is -1.93. The Labute approximate surface area is 76.4 Å². The smallest absolute Gasteiger partial charge is 0.169 e. The van der Waals surface area contributed by atoms with Crippen LogP contribution in [-0.4, -0.2) is 5.78 Å². The van der Waals surface area contributed by atoms with Crippen LogP contribution in [0.4, 0.5) is 0 Å². The molecule has 1 rings (SSSR count). The third-order valence-electron chi connectivity index (χ3n) is 1.61.